The number of hydrogen-bond donors (Lipinski definition) is 0. The molecule has 0 spiro atoms. The lowest BCUT2D eigenvalue weighted by Gasteiger charge is -2.28. The van der Waals surface area contributed by atoms with Crippen molar-refractivity contribution >= 4 is 11.9 Å². The average Bonchev–Trinajstić information content (AvgIpc) is 2.46. The summed E-state index contributed by atoms with van der Waals surface area (Å²) in [5.74, 6) is -2.31. The molecule has 1 heterocycles. The predicted octanol–water partition coefficient (Wildman–Crippen LogP) is 0.203. The van der Waals surface area contributed by atoms with E-state index in [4.69, 9.17) is 4.74 Å². The molecule has 1 rings (SSSR count). The Morgan fingerprint density at radius 3 is 2.55 bits per heavy atom. The lowest BCUT2D eigenvalue weighted by atomic mass is 9.96. The maximum atomic E-state index is 12.3. The van der Waals surface area contributed by atoms with Gasteiger partial charge in [-0.3, -0.25) is 14.9 Å². The number of hydrogen-bond acceptors (Lipinski definition) is 6. The van der Waals surface area contributed by atoms with E-state index < -0.39 is 22.9 Å². The van der Waals surface area contributed by atoms with Gasteiger partial charge in [-0.05, 0) is 19.9 Å². The fourth-order valence-electron chi connectivity index (χ4n) is 2.00. The number of ether oxygens (including phenoxy) is 2. The lowest BCUT2D eigenvalue weighted by molar-refractivity contribution is -0.532. The maximum Gasteiger partial charge on any atom is 0.373 e. The fraction of sp³-hybridized carbons (Fsp3) is 0.667. The van der Waals surface area contributed by atoms with Crippen LogP contribution in [0.2, 0.25) is 0 Å². The Bertz CT molecular complexity index is 430. The first-order chi connectivity index (χ1) is 9.46. The molecule has 0 saturated carbocycles. The minimum Gasteiger partial charge on any atom is -0.479 e. The number of carbonyl (C=O) groups excluding carboxylic acids is 2. The molecule has 0 unspecified atom stereocenters. The van der Waals surface area contributed by atoms with Gasteiger partial charge in [-0.2, -0.15) is 0 Å². The molecule has 112 valence electrons. The number of nitrogens with zero attached hydrogens (tertiary/aromatic N) is 2. The van der Waals surface area contributed by atoms with Crippen molar-refractivity contribution in [3.63, 3.8) is 0 Å². The summed E-state index contributed by atoms with van der Waals surface area (Å²) in [6.07, 6.45) is 1.18. The van der Waals surface area contributed by atoms with E-state index in [0.717, 1.165) is 0 Å². The van der Waals surface area contributed by atoms with Crippen LogP contribution in [-0.4, -0.2) is 54.5 Å². The molecule has 0 radical (unpaired) electrons. The van der Waals surface area contributed by atoms with Crippen molar-refractivity contribution in [3.05, 3.63) is 21.9 Å². The Hall–Kier alpha value is -2.12. The quantitative estimate of drug-likeness (QED) is 0.407. The number of amides is 1. The molecule has 0 bridgehead atoms. The zero-order valence-electron chi connectivity index (χ0n) is 11.7. The van der Waals surface area contributed by atoms with Crippen LogP contribution in [0.1, 0.15) is 13.8 Å². The third kappa shape index (κ3) is 3.25. The second-order valence-corrected chi connectivity index (χ2v) is 4.22. The minimum absolute atomic E-state index is 0.156. The monoisotopic (exact) mass is 286 g/mol. The van der Waals surface area contributed by atoms with Crippen molar-refractivity contribution in [1.82, 2.24) is 4.90 Å². The van der Waals surface area contributed by atoms with Crippen LogP contribution in [0.4, 0.5) is 0 Å². The van der Waals surface area contributed by atoms with E-state index in [0.29, 0.717) is 13.1 Å². The van der Waals surface area contributed by atoms with Gasteiger partial charge in [0.1, 0.15) is 5.92 Å². The molecule has 1 aliphatic rings. The standard InChI is InChI=1S/C12H18N2O6/c1-4-13(5-2)11(15)8-6-10(12(16)19-3)20-7-9(8)14(17)18/h6,8-9H,4-5,7H2,1-3H3/t8-,9-/m1/s1. The SMILES string of the molecule is CCN(CC)C(=O)[C@@H]1C=C(C(=O)OC)OC[C@H]1[N+](=O)[O-]. The predicted molar refractivity (Wildman–Crippen MR) is 68.3 cm³/mol. The van der Waals surface area contributed by atoms with Crippen LogP contribution in [0.3, 0.4) is 0 Å². The van der Waals surface area contributed by atoms with Gasteiger partial charge in [-0.1, -0.05) is 0 Å². The second kappa shape index (κ2) is 6.88. The fourth-order valence-corrected chi connectivity index (χ4v) is 2.00. The van der Waals surface area contributed by atoms with E-state index in [1.165, 1.54) is 18.1 Å². The number of methoxy groups -OCH3 is 1. The Balaban J connectivity index is 3.08. The van der Waals surface area contributed by atoms with Crippen molar-refractivity contribution in [3.8, 4) is 0 Å². The second-order valence-electron chi connectivity index (χ2n) is 4.22. The van der Waals surface area contributed by atoms with Gasteiger partial charge >= 0.3 is 5.97 Å². The van der Waals surface area contributed by atoms with Gasteiger partial charge in [-0.15, -0.1) is 0 Å². The summed E-state index contributed by atoms with van der Waals surface area (Å²) in [5, 5.41) is 11.0. The highest BCUT2D eigenvalue weighted by atomic mass is 16.6. The third-order valence-electron chi connectivity index (χ3n) is 3.17. The van der Waals surface area contributed by atoms with Crippen LogP contribution < -0.4 is 0 Å². The summed E-state index contributed by atoms with van der Waals surface area (Å²) in [4.78, 5) is 35.7. The molecule has 0 aromatic carbocycles. The summed E-state index contributed by atoms with van der Waals surface area (Å²) in [7, 11) is 1.17. The molecule has 0 saturated heterocycles. The minimum atomic E-state index is -1.20. The van der Waals surface area contributed by atoms with Crippen LogP contribution in [0, 0.1) is 16.0 Å². The largest absolute Gasteiger partial charge is 0.479 e. The molecule has 8 nitrogen and oxygen atoms in total. The molecule has 0 aliphatic carbocycles. The van der Waals surface area contributed by atoms with Crippen molar-refractivity contribution in [2.45, 2.75) is 19.9 Å². The molecule has 0 fully saturated rings. The van der Waals surface area contributed by atoms with Crippen molar-refractivity contribution < 1.29 is 24.0 Å². The van der Waals surface area contributed by atoms with Gasteiger partial charge in [0.15, 0.2) is 6.61 Å². The Kier molecular flexibility index (Phi) is 5.48. The van der Waals surface area contributed by atoms with E-state index in [-0.39, 0.29) is 18.3 Å². The van der Waals surface area contributed by atoms with Gasteiger partial charge < -0.3 is 14.4 Å². The highest BCUT2D eigenvalue weighted by Gasteiger charge is 2.42. The zero-order valence-corrected chi connectivity index (χ0v) is 11.7. The van der Waals surface area contributed by atoms with Crippen LogP contribution >= 0.6 is 0 Å². The molecule has 2 atom stereocenters. The summed E-state index contributed by atoms with van der Waals surface area (Å²) in [6.45, 7) is 4.13. The zero-order chi connectivity index (χ0) is 15.3. The molecular formula is C12H18N2O6. The number of esters is 1. The molecule has 1 aliphatic heterocycles. The maximum absolute atomic E-state index is 12.3. The summed E-state index contributed by atoms with van der Waals surface area (Å²) >= 11 is 0. The molecular weight excluding hydrogens is 268 g/mol. The topological polar surface area (TPSA) is 99.0 Å². The summed E-state index contributed by atoms with van der Waals surface area (Å²) in [5.41, 5.74) is 0. The molecule has 0 aromatic heterocycles. The molecule has 0 N–H and O–H groups in total. The van der Waals surface area contributed by atoms with E-state index in [2.05, 4.69) is 4.74 Å². The third-order valence-corrected chi connectivity index (χ3v) is 3.17. The van der Waals surface area contributed by atoms with Crippen LogP contribution in [-0.2, 0) is 19.1 Å². The van der Waals surface area contributed by atoms with Crippen molar-refractivity contribution in [1.29, 1.82) is 0 Å². The number of carbonyl (C=O) groups is 2. The van der Waals surface area contributed by atoms with Gasteiger partial charge in [0.05, 0.1) is 7.11 Å². The average molecular weight is 286 g/mol. The number of nitro groups is 1. The highest BCUT2D eigenvalue weighted by molar-refractivity contribution is 5.89. The lowest BCUT2D eigenvalue weighted by Crippen LogP contribution is -2.47. The van der Waals surface area contributed by atoms with Gasteiger partial charge in [-0.25, -0.2) is 4.79 Å². The molecule has 20 heavy (non-hydrogen) atoms. The van der Waals surface area contributed by atoms with E-state index in [1.807, 2.05) is 0 Å². The van der Waals surface area contributed by atoms with Crippen molar-refractivity contribution in [2.24, 2.45) is 5.92 Å². The Morgan fingerprint density at radius 1 is 1.50 bits per heavy atom. The molecule has 1 amide bonds. The van der Waals surface area contributed by atoms with Crippen LogP contribution in [0.15, 0.2) is 11.8 Å². The first kappa shape index (κ1) is 15.9. The van der Waals surface area contributed by atoms with E-state index in [1.54, 1.807) is 13.8 Å². The first-order valence-electron chi connectivity index (χ1n) is 6.31. The van der Waals surface area contributed by atoms with Crippen LogP contribution in [0.25, 0.3) is 0 Å². The Morgan fingerprint density at radius 2 is 2.10 bits per heavy atom. The van der Waals surface area contributed by atoms with Gasteiger partial charge in [0.25, 0.3) is 6.04 Å². The summed E-state index contributed by atoms with van der Waals surface area (Å²) < 4.78 is 9.51. The number of rotatable bonds is 5. The summed E-state index contributed by atoms with van der Waals surface area (Å²) in [6, 6.07) is -1.20. The smallest absolute Gasteiger partial charge is 0.373 e. The van der Waals surface area contributed by atoms with Gasteiger partial charge in [0, 0.05) is 18.0 Å². The first-order valence-corrected chi connectivity index (χ1v) is 6.31. The van der Waals surface area contributed by atoms with Crippen LogP contribution in [0.5, 0.6) is 0 Å². The van der Waals surface area contributed by atoms with Crippen molar-refractivity contribution in [2.75, 3.05) is 26.8 Å². The molecule has 0 aromatic rings. The normalized spacial score (nSPS) is 21.4. The molecule has 8 heteroatoms. The van der Waals surface area contributed by atoms with E-state index in [9.17, 15) is 19.7 Å². The van der Waals surface area contributed by atoms with Gasteiger partial charge in [0.2, 0.25) is 11.7 Å². The highest BCUT2D eigenvalue weighted by Crippen LogP contribution is 2.22. The van der Waals surface area contributed by atoms with E-state index >= 15 is 0 Å². The Labute approximate surface area is 116 Å².